The number of aliphatic hydroxyl groups is 1. The maximum Gasteiger partial charge on any atom is 0.323 e. The van der Waals surface area contributed by atoms with E-state index in [9.17, 15) is 9.59 Å². The molecule has 1 aromatic carbocycles. The number of benzene rings is 1. The van der Waals surface area contributed by atoms with Gasteiger partial charge in [0.15, 0.2) is 0 Å². The second-order valence-electron chi connectivity index (χ2n) is 4.42. The normalized spacial score (nSPS) is 9.81. The van der Waals surface area contributed by atoms with Crippen molar-refractivity contribution in [3.8, 4) is 11.8 Å². The molecule has 2 aromatic rings. The monoisotopic (exact) mass is 285 g/mol. The maximum absolute atomic E-state index is 12.0. The summed E-state index contributed by atoms with van der Waals surface area (Å²) in [6.07, 6.45) is 1.72. The Balaban J connectivity index is 2.19. The highest BCUT2D eigenvalue weighted by molar-refractivity contribution is 6.03. The first kappa shape index (κ1) is 14.6. The van der Waals surface area contributed by atoms with Crippen molar-refractivity contribution in [2.24, 2.45) is 0 Å². The molecule has 4 N–H and O–H groups in total. The fraction of sp³-hybridized carbons (Fsp3) is 0.200. The van der Waals surface area contributed by atoms with Crippen LogP contribution in [0.3, 0.4) is 0 Å². The number of aryl methyl sites for hydroxylation is 1. The summed E-state index contributed by atoms with van der Waals surface area (Å²) in [6.45, 7) is 1.88. The Morgan fingerprint density at radius 1 is 1.43 bits per heavy atom. The number of hydrogen-bond donors (Lipinski definition) is 4. The Morgan fingerprint density at radius 2 is 2.24 bits per heavy atom. The predicted molar refractivity (Wildman–Crippen MR) is 79.1 cm³/mol. The molecule has 108 valence electrons. The minimum Gasteiger partial charge on any atom is -0.395 e. The summed E-state index contributed by atoms with van der Waals surface area (Å²) < 4.78 is 0. The minimum absolute atomic E-state index is 0.0172. The highest BCUT2D eigenvalue weighted by atomic mass is 16.2. The molecule has 0 aliphatic carbocycles. The lowest BCUT2D eigenvalue weighted by atomic mass is 10.1. The zero-order valence-corrected chi connectivity index (χ0v) is 11.5. The second kappa shape index (κ2) is 6.59. The predicted octanol–water partition coefficient (Wildman–Crippen LogP) is 0.998. The highest BCUT2D eigenvalue weighted by Crippen LogP contribution is 2.17. The van der Waals surface area contributed by atoms with Gasteiger partial charge in [-0.3, -0.25) is 4.79 Å². The third kappa shape index (κ3) is 3.84. The van der Waals surface area contributed by atoms with E-state index in [0.29, 0.717) is 12.1 Å². The number of aliphatic hydroxyl groups excluding tert-OH is 1. The van der Waals surface area contributed by atoms with Crippen molar-refractivity contribution >= 4 is 11.6 Å². The molecule has 0 spiro atoms. The smallest absolute Gasteiger partial charge is 0.323 e. The molecule has 0 bridgehead atoms. The number of hydrogen-bond acceptors (Lipinski definition) is 3. The van der Waals surface area contributed by atoms with Gasteiger partial charge in [0, 0.05) is 23.9 Å². The van der Waals surface area contributed by atoms with Crippen molar-refractivity contribution in [3.63, 3.8) is 0 Å². The molecule has 6 nitrogen and oxygen atoms in total. The van der Waals surface area contributed by atoms with Gasteiger partial charge in [-0.25, -0.2) is 4.79 Å². The van der Waals surface area contributed by atoms with Crippen LogP contribution in [0.4, 0.5) is 5.69 Å². The first-order valence-corrected chi connectivity index (χ1v) is 6.39. The molecule has 1 heterocycles. The van der Waals surface area contributed by atoms with Crippen LogP contribution in [0, 0.1) is 18.8 Å². The Kier molecular flexibility index (Phi) is 4.59. The van der Waals surface area contributed by atoms with Gasteiger partial charge in [-0.15, -0.1) is 0 Å². The topological polar surface area (TPSA) is 98.0 Å². The van der Waals surface area contributed by atoms with Crippen LogP contribution < -0.4 is 11.0 Å². The fourth-order valence-corrected chi connectivity index (χ4v) is 1.70. The van der Waals surface area contributed by atoms with Gasteiger partial charge in [0.25, 0.3) is 5.91 Å². The number of aromatic amines is 2. The first-order chi connectivity index (χ1) is 10.1. The summed E-state index contributed by atoms with van der Waals surface area (Å²) >= 11 is 0. The summed E-state index contributed by atoms with van der Waals surface area (Å²) in [5.41, 5.74) is 1.98. The van der Waals surface area contributed by atoms with E-state index in [2.05, 4.69) is 27.1 Å². The van der Waals surface area contributed by atoms with Crippen LogP contribution in [0.2, 0.25) is 0 Å². The molecular weight excluding hydrogens is 270 g/mol. The molecule has 0 aliphatic heterocycles. The number of carbonyl (C=O) groups excluding carboxylic acids is 1. The molecule has 1 aromatic heterocycles. The number of rotatable bonds is 3. The zero-order valence-electron chi connectivity index (χ0n) is 11.5. The molecular formula is C15H15N3O3. The largest absolute Gasteiger partial charge is 0.395 e. The number of H-pyrrole nitrogens is 2. The summed E-state index contributed by atoms with van der Waals surface area (Å²) in [5.74, 6) is 5.32. The quantitative estimate of drug-likeness (QED) is 0.633. The van der Waals surface area contributed by atoms with E-state index in [1.165, 1.54) is 6.20 Å². The molecule has 6 heteroatoms. The van der Waals surface area contributed by atoms with Crippen molar-refractivity contribution in [2.75, 3.05) is 11.9 Å². The van der Waals surface area contributed by atoms with Crippen LogP contribution in [0.5, 0.6) is 0 Å². The molecule has 0 unspecified atom stereocenters. The lowest BCUT2D eigenvalue weighted by Crippen LogP contribution is -2.14. The van der Waals surface area contributed by atoms with Gasteiger partial charge in [0.05, 0.1) is 6.61 Å². The number of nitrogens with one attached hydrogen (secondary N) is 3. The second-order valence-corrected chi connectivity index (χ2v) is 4.42. The van der Waals surface area contributed by atoms with E-state index in [0.717, 1.165) is 11.1 Å². The summed E-state index contributed by atoms with van der Waals surface area (Å²) in [6, 6.07) is 5.44. The Bertz CT molecular complexity index is 762. The first-order valence-electron chi connectivity index (χ1n) is 6.39. The molecule has 0 saturated heterocycles. The van der Waals surface area contributed by atoms with Crippen LogP contribution in [0.25, 0.3) is 0 Å². The molecule has 0 radical (unpaired) electrons. The lowest BCUT2D eigenvalue weighted by molar-refractivity contribution is 0.102. The van der Waals surface area contributed by atoms with Gasteiger partial charge >= 0.3 is 5.69 Å². The molecule has 0 aliphatic rings. The fourth-order valence-electron chi connectivity index (χ4n) is 1.70. The van der Waals surface area contributed by atoms with E-state index in [1.54, 1.807) is 6.07 Å². The Morgan fingerprint density at radius 3 is 2.90 bits per heavy atom. The minimum atomic E-state index is -0.430. The highest BCUT2D eigenvalue weighted by Gasteiger charge is 2.09. The number of aromatic nitrogens is 2. The Labute approximate surface area is 121 Å². The van der Waals surface area contributed by atoms with Crippen molar-refractivity contribution in [2.45, 2.75) is 13.3 Å². The number of imidazole rings is 1. The standard InChI is InChI=1S/C15H15N3O3/c1-10-5-6-11(4-2-3-7-19)8-12(10)17-14(20)13-9-16-15(21)18-13/h5-6,8-9,19H,3,7H2,1H3,(H,17,20)(H2,16,18,21). The third-order valence-corrected chi connectivity index (χ3v) is 2.80. The van der Waals surface area contributed by atoms with Gasteiger partial charge in [-0.1, -0.05) is 17.9 Å². The van der Waals surface area contributed by atoms with E-state index in [1.807, 2.05) is 19.1 Å². The lowest BCUT2D eigenvalue weighted by Gasteiger charge is -2.07. The third-order valence-electron chi connectivity index (χ3n) is 2.80. The zero-order chi connectivity index (χ0) is 15.2. The molecule has 1 amide bonds. The average molecular weight is 285 g/mol. The average Bonchev–Trinajstić information content (AvgIpc) is 2.89. The molecule has 0 atom stereocenters. The van der Waals surface area contributed by atoms with Crippen LogP contribution in [0.1, 0.15) is 28.0 Å². The molecule has 0 saturated carbocycles. The van der Waals surface area contributed by atoms with E-state index < -0.39 is 11.6 Å². The van der Waals surface area contributed by atoms with Gasteiger partial charge in [0.2, 0.25) is 0 Å². The summed E-state index contributed by atoms with van der Waals surface area (Å²) in [4.78, 5) is 27.7. The van der Waals surface area contributed by atoms with Gasteiger partial charge < -0.3 is 20.4 Å². The van der Waals surface area contributed by atoms with Crippen LogP contribution in [0.15, 0.2) is 29.2 Å². The number of carbonyl (C=O) groups is 1. The van der Waals surface area contributed by atoms with Gasteiger partial charge in [-0.2, -0.15) is 0 Å². The van der Waals surface area contributed by atoms with Gasteiger partial charge in [-0.05, 0) is 24.6 Å². The summed E-state index contributed by atoms with van der Waals surface area (Å²) in [5, 5.41) is 11.4. The van der Waals surface area contributed by atoms with E-state index in [-0.39, 0.29) is 12.3 Å². The SMILES string of the molecule is Cc1ccc(C#CCCO)cc1NC(=O)c1c[nH]c(=O)[nH]1. The van der Waals surface area contributed by atoms with Crippen LogP contribution in [-0.4, -0.2) is 27.6 Å². The van der Waals surface area contributed by atoms with Crippen molar-refractivity contribution < 1.29 is 9.90 Å². The van der Waals surface area contributed by atoms with Crippen molar-refractivity contribution in [1.82, 2.24) is 9.97 Å². The van der Waals surface area contributed by atoms with Gasteiger partial charge in [0.1, 0.15) is 5.69 Å². The Hall–Kier alpha value is -2.78. The van der Waals surface area contributed by atoms with Crippen LogP contribution >= 0.6 is 0 Å². The number of amides is 1. The van der Waals surface area contributed by atoms with Crippen molar-refractivity contribution in [1.29, 1.82) is 0 Å². The number of anilines is 1. The van der Waals surface area contributed by atoms with E-state index in [4.69, 9.17) is 5.11 Å². The van der Waals surface area contributed by atoms with E-state index >= 15 is 0 Å². The summed E-state index contributed by atoms with van der Waals surface area (Å²) in [7, 11) is 0. The molecule has 2 rings (SSSR count). The molecule has 0 fully saturated rings. The maximum atomic E-state index is 12.0. The molecule has 21 heavy (non-hydrogen) atoms. The van der Waals surface area contributed by atoms with Crippen molar-refractivity contribution in [3.05, 3.63) is 51.7 Å². The van der Waals surface area contributed by atoms with Crippen LogP contribution in [-0.2, 0) is 0 Å².